The molecule has 4 aromatic rings. The Labute approximate surface area is 205 Å². The van der Waals surface area contributed by atoms with Gasteiger partial charge in [0.25, 0.3) is 5.91 Å². The number of nitrogens with zero attached hydrogens (tertiary/aromatic N) is 3. The lowest BCUT2D eigenvalue weighted by Crippen LogP contribution is -2.25. The Hall–Kier alpha value is -4.37. The highest BCUT2D eigenvalue weighted by Gasteiger charge is 2.18. The SMILES string of the molecule is Cc1ccc(C)c(N=c2scc(-c3ccc4c(c3)NC(=O)CO4)n2N=Cc2ccc(O)c(O)c2)c1. The molecule has 0 saturated carbocycles. The van der Waals surface area contributed by atoms with Crippen LogP contribution in [0, 0.1) is 13.8 Å². The number of aromatic nitrogens is 1. The zero-order chi connectivity index (χ0) is 24.5. The van der Waals surface area contributed by atoms with Gasteiger partial charge in [0.05, 0.1) is 23.3 Å². The first-order valence-electron chi connectivity index (χ1n) is 10.8. The summed E-state index contributed by atoms with van der Waals surface area (Å²) in [6.45, 7) is 4.02. The topological polar surface area (TPSA) is 108 Å². The number of phenolic OH excluding ortho intramolecular Hbond substituents is 2. The molecule has 0 fully saturated rings. The van der Waals surface area contributed by atoms with Crippen LogP contribution in [0.4, 0.5) is 11.4 Å². The number of amides is 1. The first-order valence-corrected chi connectivity index (χ1v) is 11.7. The van der Waals surface area contributed by atoms with E-state index in [0.717, 1.165) is 28.1 Å². The van der Waals surface area contributed by atoms with Crippen LogP contribution in [0.3, 0.4) is 0 Å². The zero-order valence-electron chi connectivity index (χ0n) is 19.0. The third-order valence-electron chi connectivity index (χ3n) is 5.50. The number of hydrogen-bond acceptors (Lipinski definition) is 7. The quantitative estimate of drug-likeness (QED) is 0.287. The number of aryl methyl sites for hydroxylation is 2. The second-order valence-electron chi connectivity index (χ2n) is 8.16. The summed E-state index contributed by atoms with van der Waals surface area (Å²) in [5.41, 5.74) is 5.77. The highest BCUT2D eigenvalue weighted by Crippen LogP contribution is 2.33. The molecule has 9 heteroatoms. The maximum atomic E-state index is 11.8. The molecule has 1 aliphatic rings. The highest BCUT2D eigenvalue weighted by molar-refractivity contribution is 7.07. The molecule has 5 rings (SSSR count). The maximum Gasteiger partial charge on any atom is 0.262 e. The minimum absolute atomic E-state index is 0.00651. The van der Waals surface area contributed by atoms with E-state index in [4.69, 9.17) is 9.73 Å². The fourth-order valence-electron chi connectivity index (χ4n) is 3.62. The number of fused-ring (bicyclic) bond motifs is 1. The molecular weight excluding hydrogens is 464 g/mol. The average molecular weight is 487 g/mol. The second-order valence-corrected chi connectivity index (χ2v) is 8.99. The van der Waals surface area contributed by atoms with Crippen molar-refractivity contribution in [1.82, 2.24) is 4.68 Å². The van der Waals surface area contributed by atoms with Crippen molar-refractivity contribution in [2.75, 3.05) is 11.9 Å². The molecular formula is C26H22N4O4S. The summed E-state index contributed by atoms with van der Waals surface area (Å²) in [6, 6.07) is 16.1. The van der Waals surface area contributed by atoms with Gasteiger partial charge in [0.15, 0.2) is 18.1 Å². The van der Waals surface area contributed by atoms with Crippen LogP contribution < -0.4 is 14.9 Å². The van der Waals surface area contributed by atoms with E-state index >= 15 is 0 Å². The molecule has 0 saturated heterocycles. The molecule has 3 N–H and O–H groups in total. The van der Waals surface area contributed by atoms with E-state index in [2.05, 4.69) is 10.4 Å². The van der Waals surface area contributed by atoms with E-state index < -0.39 is 0 Å². The van der Waals surface area contributed by atoms with Gasteiger partial charge in [-0.05, 0) is 73.0 Å². The number of carbonyl (C=O) groups is 1. The molecule has 2 heterocycles. The van der Waals surface area contributed by atoms with E-state index in [1.807, 2.05) is 55.6 Å². The van der Waals surface area contributed by atoms with E-state index in [1.165, 1.54) is 23.5 Å². The highest BCUT2D eigenvalue weighted by atomic mass is 32.1. The minimum Gasteiger partial charge on any atom is -0.504 e. The van der Waals surface area contributed by atoms with Crippen LogP contribution in [-0.4, -0.2) is 33.6 Å². The van der Waals surface area contributed by atoms with E-state index in [-0.39, 0.29) is 24.0 Å². The fourth-order valence-corrected chi connectivity index (χ4v) is 4.47. The van der Waals surface area contributed by atoms with Gasteiger partial charge in [-0.3, -0.25) is 4.79 Å². The van der Waals surface area contributed by atoms with Crippen molar-refractivity contribution < 1.29 is 19.7 Å². The number of thiazole rings is 1. The second kappa shape index (κ2) is 9.11. The molecule has 3 aromatic carbocycles. The van der Waals surface area contributed by atoms with Crippen molar-refractivity contribution in [2.45, 2.75) is 13.8 Å². The number of rotatable bonds is 4. The van der Waals surface area contributed by atoms with Gasteiger partial charge in [0, 0.05) is 10.9 Å². The molecule has 1 aliphatic heterocycles. The van der Waals surface area contributed by atoms with Gasteiger partial charge in [-0.1, -0.05) is 12.1 Å². The Morgan fingerprint density at radius 3 is 2.74 bits per heavy atom. The number of carbonyl (C=O) groups excluding carboxylic acids is 1. The molecule has 0 spiro atoms. The van der Waals surface area contributed by atoms with Gasteiger partial charge in [0.1, 0.15) is 5.75 Å². The van der Waals surface area contributed by atoms with Crippen LogP contribution in [0.15, 0.2) is 70.1 Å². The summed E-state index contributed by atoms with van der Waals surface area (Å²) >= 11 is 1.43. The Balaban J connectivity index is 1.65. The van der Waals surface area contributed by atoms with E-state index in [1.54, 1.807) is 17.0 Å². The molecule has 0 radical (unpaired) electrons. The van der Waals surface area contributed by atoms with Gasteiger partial charge in [-0.2, -0.15) is 5.10 Å². The summed E-state index contributed by atoms with van der Waals surface area (Å²) in [4.78, 5) is 17.3. The standard InChI is InChI=1S/C26H22N4O4S/c1-15-3-4-16(2)19(9-15)29-26-30(27-12-17-5-7-22(31)23(32)10-17)21(14-35-26)18-6-8-24-20(11-18)28-25(33)13-34-24/h3-12,14,31-32H,13H2,1-2H3,(H,28,33). The van der Waals surface area contributed by atoms with Gasteiger partial charge in [0.2, 0.25) is 4.80 Å². The third-order valence-corrected chi connectivity index (χ3v) is 6.31. The molecule has 0 bridgehead atoms. The summed E-state index contributed by atoms with van der Waals surface area (Å²) in [6.07, 6.45) is 1.58. The number of phenols is 2. The zero-order valence-corrected chi connectivity index (χ0v) is 19.8. The van der Waals surface area contributed by atoms with Crippen LogP contribution in [0.25, 0.3) is 11.3 Å². The van der Waals surface area contributed by atoms with Crippen molar-refractivity contribution in [1.29, 1.82) is 0 Å². The van der Waals surface area contributed by atoms with Crippen molar-refractivity contribution in [3.05, 3.63) is 81.5 Å². The fraction of sp³-hybridized carbons (Fsp3) is 0.115. The Morgan fingerprint density at radius 1 is 1.06 bits per heavy atom. The smallest absolute Gasteiger partial charge is 0.262 e. The van der Waals surface area contributed by atoms with Gasteiger partial charge in [-0.15, -0.1) is 11.3 Å². The predicted octanol–water partition coefficient (Wildman–Crippen LogP) is 4.69. The molecule has 0 atom stereocenters. The summed E-state index contributed by atoms with van der Waals surface area (Å²) in [5.74, 6) is -0.0210. The summed E-state index contributed by atoms with van der Waals surface area (Å²) in [7, 11) is 0. The molecule has 176 valence electrons. The van der Waals surface area contributed by atoms with Crippen LogP contribution in [0.1, 0.15) is 16.7 Å². The number of nitrogens with one attached hydrogen (secondary N) is 1. The lowest BCUT2D eigenvalue weighted by atomic mass is 10.1. The molecule has 0 aliphatic carbocycles. The Bertz CT molecular complexity index is 1550. The lowest BCUT2D eigenvalue weighted by molar-refractivity contribution is -0.118. The Kier molecular flexibility index (Phi) is 5.84. The van der Waals surface area contributed by atoms with Gasteiger partial charge >= 0.3 is 0 Å². The number of anilines is 1. The normalized spacial score (nSPS) is 13.5. The van der Waals surface area contributed by atoms with Crippen LogP contribution in [-0.2, 0) is 4.79 Å². The summed E-state index contributed by atoms with van der Waals surface area (Å²) in [5, 5.41) is 28.9. The van der Waals surface area contributed by atoms with Crippen molar-refractivity contribution in [3.8, 4) is 28.5 Å². The predicted molar refractivity (Wildman–Crippen MR) is 136 cm³/mol. The van der Waals surface area contributed by atoms with E-state index in [0.29, 0.717) is 21.8 Å². The lowest BCUT2D eigenvalue weighted by Gasteiger charge is -2.18. The Morgan fingerprint density at radius 2 is 1.91 bits per heavy atom. The first kappa shape index (κ1) is 22.4. The monoisotopic (exact) mass is 486 g/mol. The first-order chi connectivity index (χ1) is 16.9. The molecule has 1 amide bonds. The number of benzene rings is 3. The van der Waals surface area contributed by atoms with E-state index in [9.17, 15) is 15.0 Å². The molecule has 0 unspecified atom stereocenters. The number of aromatic hydroxyl groups is 2. The third kappa shape index (κ3) is 4.67. The molecule has 8 nitrogen and oxygen atoms in total. The summed E-state index contributed by atoms with van der Waals surface area (Å²) < 4.78 is 7.19. The van der Waals surface area contributed by atoms with Gasteiger partial charge in [-0.25, -0.2) is 9.67 Å². The largest absolute Gasteiger partial charge is 0.504 e. The van der Waals surface area contributed by atoms with Crippen molar-refractivity contribution >= 4 is 34.8 Å². The molecule has 35 heavy (non-hydrogen) atoms. The van der Waals surface area contributed by atoms with Crippen molar-refractivity contribution in [2.24, 2.45) is 10.1 Å². The van der Waals surface area contributed by atoms with Crippen LogP contribution in [0.2, 0.25) is 0 Å². The average Bonchev–Trinajstić information content (AvgIpc) is 3.24. The van der Waals surface area contributed by atoms with Crippen LogP contribution >= 0.6 is 11.3 Å². The maximum absolute atomic E-state index is 11.8. The van der Waals surface area contributed by atoms with Crippen LogP contribution in [0.5, 0.6) is 17.2 Å². The minimum atomic E-state index is -0.227. The van der Waals surface area contributed by atoms with Crippen molar-refractivity contribution in [3.63, 3.8) is 0 Å². The molecule has 1 aromatic heterocycles. The van der Waals surface area contributed by atoms with Gasteiger partial charge < -0.3 is 20.3 Å². The number of ether oxygens (including phenoxy) is 1. The number of hydrogen-bond donors (Lipinski definition) is 3.